The first-order chi connectivity index (χ1) is 14.4. The third-order valence-electron chi connectivity index (χ3n) is 4.60. The number of hydrogen-bond acceptors (Lipinski definition) is 6. The summed E-state index contributed by atoms with van der Waals surface area (Å²) in [7, 11) is 0. The van der Waals surface area contributed by atoms with Gasteiger partial charge in [0.2, 0.25) is 11.8 Å². The average molecular weight is 420 g/mol. The minimum atomic E-state index is -0.949. The first-order valence-corrected chi connectivity index (χ1v) is 9.86. The Hall–Kier alpha value is -3.30. The van der Waals surface area contributed by atoms with Crippen molar-refractivity contribution in [3.05, 3.63) is 35.9 Å². The van der Waals surface area contributed by atoms with Gasteiger partial charge in [0.15, 0.2) is 0 Å². The van der Waals surface area contributed by atoms with Crippen molar-refractivity contribution in [1.29, 1.82) is 0 Å². The molecule has 0 aromatic heterocycles. The number of rotatable bonds is 8. The number of nitrogens with two attached hydrogens (primary N) is 1. The Kier molecular flexibility index (Phi) is 8.92. The van der Waals surface area contributed by atoms with E-state index in [0.29, 0.717) is 26.2 Å². The molecule has 0 spiro atoms. The highest BCUT2D eigenvalue weighted by Gasteiger charge is 2.30. The molecule has 0 bridgehead atoms. The molecule has 1 saturated heterocycles. The van der Waals surface area contributed by atoms with E-state index in [0.717, 1.165) is 5.56 Å². The van der Waals surface area contributed by atoms with E-state index in [2.05, 4.69) is 5.32 Å². The topological polar surface area (TPSA) is 131 Å². The van der Waals surface area contributed by atoms with E-state index >= 15 is 0 Å². The number of ether oxygens (including phenoxy) is 2. The van der Waals surface area contributed by atoms with Crippen molar-refractivity contribution in [3.63, 3.8) is 0 Å². The van der Waals surface area contributed by atoms with Gasteiger partial charge in [0.05, 0.1) is 6.61 Å². The van der Waals surface area contributed by atoms with Crippen molar-refractivity contribution < 1.29 is 28.7 Å². The number of piperazine rings is 1. The van der Waals surface area contributed by atoms with Gasteiger partial charge >= 0.3 is 12.2 Å². The van der Waals surface area contributed by atoms with Crippen LogP contribution in [0.2, 0.25) is 0 Å². The summed E-state index contributed by atoms with van der Waals surface area (Å²) in [5.74, 6) is -0.921. The predicted octanol–water partition coefficient (Wildman–Crippen LogP) is 0.848. The zero-order chi connectivity index (χ0) is 21.9. The Morgan fingerprint density at radius 3 is 2.27 bits per heavy atom. The fourth-order valence-corrected chi connectivity index (χ4v) is 3.00. The SMILES string of the molecule is CCOC(=O)N1CCN(C(=O)C(CCC(N)=O)NC(=O)OCc2ccccc2)CC1. The van der Waals surface area contributed by atoms with Gasteiger partial charge in [0.25, 0.3) is 0 Å². The largest absolute Gasteiger partial charge is 0.450 e. The smallest absolute Gasteiger partial charge is 0.409 e. The minimum absolute atomic E-state index is 0.0572. The lowest BCUT2D eigenvalue weighted by molar-refractivity contribution is -0.135. The Labute approximate surface area is 175 Å². The van der Waals surface area contributed by atoms with Crippen LogP contribution in [0.3, 0.4) is 0 Å². The van der Waals surface area contributed by atoms with Gasteiger partial charge in [-0.25, -0.2) is 9.59 Å². The molecule has 3 N–H and O–H groups in total. The molecule has 1 unspecified atom stereocenters. The first-order valence-electron chi connectivity index (χ1n) is 9.86. The lowest BCUT2D eigenvalue weighted by Crippen LogP contribution is -2.56. The van der Waals surface area contributed by atoms with Crippen LogP contribution in [0.25, 0.3) is 0 Å². The minimum Gasteiger partial charge on any atom is -0.450 e. The molecular formula is C20H28N4O6. The van der Waals surface area contributed by atoms with E-state index in [1.165, 1.54) is 4.90 Å². The second-order valence-electron chi connectivity index (χ2n) is 6.77. The van der Waals surface area contributed by atoms with Gasteiger partial charge in [-0.15, -0.1) is 0 Å². The van der Waals surface area contributed by atoms with Gasteiger partial charge in [-0.2, -0.15) is 0 Å². The zero-order valence-corrected chi connectivity index (χ0v) is 17.0. The zero-order valence-electron chi connectivity index (χ0n) is 17.0. The van der Waals surface area contributed by atoms with Crippen LogP contribution in [0.5, 0.6) is 0 Å². The van der Waals surface area contributed by atoms with Gasteiger partial charge in [0, 0.05) is 32.6 Å². The van der Waals surface area contributed by atoms with E-state index in [-0.39, 0.29) is 32.0 Å². The molecule has 1 fully saturated rings. The van der Waals surface area contributed by atoms with E-state index < -0.39 is 24.1 Å². The number of nitrogens with zero attached hydrogens (tertiary/aromatic N) is 2. The number of carbonyl (C=O) groups is 4. The second kappa shape index (κ2) is 11.6. The van der Waals surface area contributed by atoms with Crippen LogP contribution in [0.15, 0.2) is 30.3 Å². The van der Waals surface area contributed by atoms with Crippen molar-refractivity contribution in [1.82, 2.24) is 15.1 Å². The quantitative estimate of drug-likeness (QED) is 0.641. The monoisotopic (exact) mass is 420 g/mol. The van der Waals surface area contributed by atoms with Gasteiger partial charge < -0.3 is 30.3 Å². The summed E-state index contributed by atoms with van der Waals surface area (Å²) in [5.41, 5.74) is 6.01. The van der Waals surface area contributed by atoms with Crippen molar-refractivity contribution in [2.75, 3.05) is 32.8 Å². The highest BCUT2D eigenvalue weighted by molar-refractivity contribution is 5.86. The fraction of sp³-hybridized carbons (Fsp3) is 0.500. The molecular weight excluding hydrogens is 392 g/mol. The molecule has 1 aromatic rings. The summed E-state index contributed by atoms with van der Waals surface area (Å²) in [6.45, 7) is 3.31. The summed E-state index contributed by atoms with van der Waals surface area (Å²) >= 11 is 0. The number of alkyl carbamates (subject to hydrolysis) is 1. The van der Waals surface area contributed by atoms with E-state index in [1.54, 1.807) is 11.8 Å². The number of benzene rings is 1. The van der Waals surface area contributed by atoms with E-state index in [9.17, 15) is 19.2 Å². The Bertz CT molecular complexity index is 734. The standard InChI is InChI=1S/C20H28N4O6/c1-2-29-20(28)24-12-10-23(11-13-24)18(26)16(8-9-17(21)25)22-19(27)30-14-15-6-4-3-5-7-15/h3-7,16H,2,8-14H2,1H3,(H2,21,25)(H,22,27). The Morgan fingerprint density at radius 2 is 1.67 bits per heavy atom. The van der Waals surface area contributed by atoms with E-state index in [4.69, 9.17) is 15.2 Å². The van der Waals surface area contributed by atoms with Gasteiger partial charge in [-0.05, 0) is 18.9 Å². The molecule has 10 heteroatoms. The number of hydrogen-bond donors (Lipinski definition) is 2. The number of amides is 4. The van der Waals surface area contributed by atoms with Gasteiger partial charge in [0.1, 0.15) is 12.6 Å². The summed E-state index contributed by atoms with van der Waals surface area (Å²) in [6.07, 6.45) is -1.17. The molecule has 1 aliphatic rings. The van der Waals surface area contributed by atoms with Crippen molar-refractivity contribution in [2.24, 2.45) is 5.73 Å². The normalized spacial score (nSPS) is 14.6. The molecule has 2 rings (SSSR count). The third-order valence-corrected chi connectivity index (χ3v) is 4.60. The third kappa shape index (κ3) is 7.26. The van der Waals surface area contributed by atoms with Crippen LogP contribution in [0.1, 0.15) is 25.3 Å². The summed E-state index contributed by atoms with van der Waals surface area (Å²) < 4.78 is 10.1. The van der Waals surface area contributed by atoms with Crippen molar-refractivity contribution in [2.45, 2.75) is 32.4 Å². The van der Waals surface area contributed by atoms with Crippen molar-refractivity contribution >= 4 is 24.0 Å². The molecule has 0 radical (unpaired) electrons. The lowest BCUT2D eigenvalue weighted by Gasteiger charge is -2.35. The lowest BCUT2D eigenvalue weighted by atomic mass is 10.1. The maximum atomic E-state index is 12.9. The molecule has 0 saturated carbocycles. The maximum Gasteiger partial charge on any atom is 0.409 e. The summed E-state index contributed by atoms with van der Waals surface area (Å²) in [5, 5.41) is 2.53. The second-order valence-corrected chi connectivity index (χ2v) is 6.77. The highest BCUT2D eigenvalue weighted by Crippen LogP contribution is 2.09. The van der Waals surface area contributed by atoms with Crippen LogP contribution in [0, 0.1) is 0 Å². The van der Waals surface area contributed by atoms with Crippen LogP contribution in [-0.4, -0.2) is 72.6 Å². The number of nitrogens with one attached hydrogen (secondary N) is 1. The van der Waals surface area contributed by atoms with Gasteiger partial charge in [-0.1, -0.05) is 30.3 Å². The molecule has 30 heavy (non-hydrogen) atoms. The Balaban J connectivity index is 1.91. The molecule has 164 valence electrons. The molecule has 1 aromatic carbocycles. The number of primary amides is 1. The molecule has 1 atom stereocenters. The van der Waals surface area contributed by atoms with Gasteiger partial charge in [-0.3, -0.25) is 9.59 Å². The molecule has 1 heterocycles. The van der Waals surface area contributed by atoms with Crippen LogP contribution in [-0.2, 0) is 25.7 Å². The molecule has 0 aliphatic carbocycles. The summed E-state index contributed by atoms with van der Waals surface area (Å²) in [6, 6.07) is 8.18. The highest BCUT2D eigenvalue weighted by atomic mass is 16.6. The fourth-order valence-electron chi connectivity index (χ4n) is 3.00. The Morgan fingerprint density at radius 1 is 1.03 bits per heavy atom. The average Bonchev–Trinajstić information content (AvgIpc) is 2.75. The summed E-state index contributed by atoms with van der Waals surface area (Å²) in [4.78, 5) is 51.1. The van der Waals surface area contributed by atoms with Crippen LogP contribution < -0.4 is 11.1 Å². The van der Waals surface area contributed by atoms with Crippen LogP contribution in [0.4, 0.5) is 9.59 Å². The van der Waals surface area contributed by atoms with E-state index in [1.807, 2.05) is 30.3 Å². The van der Waals surface area contributed by atoms with Crippen molar-refractivity contribution in [3.8, 4) is 0 Å². The molecule has 4 amide bonds. The van der Waals surface area contributed by atoms with Crippen LogP contribution >= 0.6 is 0 Å². The first kappa shape index (κ1) is 23.0. The predicted molar refractivity (Wildman–Crippen MR) is 107 cm³/mol. The number of carbonyl (C=O) groups excluding carboxylic acids is 4. The molecule has 1 aliphatic heterocycles. The molecule has 10 nitrogen and oxygen atoms in total. The maximum absolute atomic E-state index is 12.9.